The van der Waals surface area contributed by atoms with E-state index < -0.39 is 5.97 Å². The summed E-state index contributed by atoms with van der Waals surface area (Å²) in [6.07, 6.45) is 3.72. The fraction of sp³-hybridized carbons (Fsp3) is 0.857. The number of amides is 2. The van der Waals surface area contributed by atoms with Crippen molar-refractivity contribution in [2.45, 2.75) is 51.5 Å². The maximum absolute atomic E-state index is 12.3. The van der Waals surface area contributed by atoms with Crippen molar-refractivity contribution in [2.75, 3.05) is 65.4 Å². The maximum Gasteiger partial charge on any atom is 0.303 e. The van der Waals surface area contributed by atoms with Gasteiger partial charge in [0.25, 0.3) is 0 Å². The summed E-state index contributed by atoms with van der Waals surface area (Å²) in [7, 11) is 0. The van der Waals surface area contributed by atoms with Gasteiger partial charge in [0.2, 0.25) is 11.8 Å². The number of carbonyl (C=O) groups is 3. The minimum absolute atomic E-state index is 0.0274. The lowest BCUT2D eigenvalue weighted by atomic mass is 10.3. The molecule has 2 aliphatic heterocycles. The third-order valence-electron chi connectivity index (χ3n) is 6.02. The number of carboxylic acids is 1. The van der Waals surface area contributed by atoms with Gasteiger partial charge in [-0.1, -0.05) is 6.92 Å². The zero-order valence-electron chi connectivity index (χ0n) is 18.4. The van der Waals surface area contributed by atoms with Crippen LogP contribution in [0.4, 0.5) is 0 Å². The molecule has 0 aromatic heterocycles. The number of likely N-dealkylation sites (tertiary alicyclic amines) is 1. The van der Waals surface area contributed by atoms with E-state index in [1.807, 2.05) is 0 Å². The number of carbonyl (C=O) groups excluding carboxylic acids is 2. The SMILES string of the molecule is CCN1CCN([13CH2][13CH]2[13CH2][13CH2][13CH2][15N]2[13CH2]C(=O)[15NH]C[13CH2][13CH2][13C](=O)NCCCC(=O)O)CC1. The number of nitrogens with zero attached hydrogens (tertiary/aromatic N) is 3. The van der Waals surface area contributed by atoms with Crippen molar-refractivity contribution >= 4 is 17.8 Å². The Labute approximate surface area is 180 Å². The van der Waals surface area contributed by atoms with Crippen molar-refractivity contribution in [1.82, 2.24) is 25.3 Å². The molecule has 0 aromatic carbocycles. The topological polar surface area (TPSA) is 105 Å². The molecule has 0 bridgehead atoms. The predicted octanol–water partition coefficient (Wildman–Crippen LogP) is -0.0343. The molecule has 9 nitrogen and oxygen atoms in total. The van der Waals surface area contributed by atoms with Crippen molar-refractivity contribution in [3.63, 3.8) is 0 Å². The molecule has 0 radical (unpaired) electrons. The highest BCUT2D eigenvalue weighted by Crippen LogP contribution is 2.18. The molecule has 2 amide bonds. The van der Waals surface area contributed by atoms with Crippen LogP contribution in [0.1, 0.15) is 45.4 Å². The minimum Gasteiger partial charge on any atom is -0.481 e. The number of likely N-dealkylation sites (N-methyl/N-ethyl adjacent to an activating group) is 1. The average Bonchev–Trinajstić information content (AvgIpc) is 3.15. The monoisotopic (exact) mass is 436 g/mol. The molecule has 2 rings (SSSR count). The van der Waals surface area contributed by atoms with Crippen LogP contribution in [0.5, 0.6) is 0 Å². The molecule has 9 heteroatoms. The van der Waals surface area contributed by atoms with E-state index in [0.29, 0.717) is 44.9 Å². The zero-order chi connectivity index (χ0) is 21.8. The third-order valence-corrected chi connectivity index (χ3v) is 6.02. The Morgan fingerprint density at radius 1 is 0.900 bits per heavy atom. The molecular formula is C21H39N5O4. The Bertz CT molecular complexity index is 552. The van der Waals surface area contributed by atoms with Gasteiger partial charge >= 0.3 is 5.97 Å². The summed E-state index contributed by atoms with van der Waals surface area (Å²) >= 11 is 0. The van der Waals surface area contributed by atoms with E-state index in [1.165, 1.54) is 0 Å². The van der Waals surface area contributed by atoms with Gasteiger partial charge in [0.05, 0.1) is 6.54 Å². The second-order valence-electron chi connectivity index (χ2n) is 8.30. The van der Waals surface area contributed by atoms with Gasteiger partial charge in [0.15, 0.2) is 0 Å². The smallest absolute Gasteiger partial charge is 0.303 e. The molecule has 172 valence electrons. The normalized spacial score (nSPS) is 20.9. The van der Waals surface area contributed by atoms with Crippen molar-refractivity contribution < 1.29 is 19.5 Å². The summed E-state index contributed by atoms with van der Waals surface area (Å²) in [5.74, 6) is -0.928. The van der Waals surface area contributed by atoms with Crippen molar-refractivity contribution in [2.24, 2.45) is 0 Å². The van der Waals surface area contributed by atoms with Crippen LogP contribution in [0.15, 0.2) is 0 Å². The first-order valence-electron chi connectivity index (χ1n) is 11.4. The van der Waals surface area contributed by atoms with E-state index in [-0.39, 0.29) is 18.2 Å². The number of carboxylic acid groups (broad SMARTS) is 1. The van der Waals surface area contributed by atoms with Gasteiger partial charge in [0.1, 0.15) is 0 Å². The standard InChI is InChI=1S/C21H39N5O4/c1-2-24-12-14-25(15-13-24)16-18-6-5-11-26(18)17-20(28)23-9-3-7-19(27)22-10-4-8-21(29)30/h18H,2-17H2,1H3,(H,22,27)(H,23,28)(H,29,30)/i3+1,5+1,6+1,7+1,11+1,16+1,17+1,18+1,19+1,23+1,26+1. The molecule has 0 aromatic rings. The van der Waals surface area contributed by atoms with E-state index >= 15 is 0 Å². The Hall–Kier alpha value is -1.71. The molecule has 2 fully saturated rings. The van der Waals surface area contributed by atoms with Crippen LogP contribution in [0, 0.1) is 0 Å². The Balaban J connectivity index is 1.55. The van der Waals surface area contributed by atoms with Gasteiger partial charge in [-0.15, -0.1) is 0 Å². The summed E-state index contributed by atoms with van der Waals surface area (Å²) < 4.78 is 0. The van der Waals surface area contributed by atoms with Crippen LogP contribution in [-0.2, 0) is 14.4 Å². The highest BCUT2D eigenvalue weighted by molar-refractivity contribution is 5.78. The van der Waals surface area contributed by atoms with Crippen molar-refractivity contribution in [1.29, 1.82) is 0 Å². The molecule has 0 aliphatic carbocycles. The quantitative estimate of drug-likeness (QED) is 0.211. The summed E-state index contributed by atoms with van der Waals surface area (Å²) in [6, 6.07) is 0.459. The lowest BCUT2D eigenvalue weighted by Gasteiger charge is -2.37. The molecule has 2 aliphatic rings. The van der Waals surface area contributed by atoms with Gasteiger partial charge in [-0.2, -0.15) is 0 Å². The molecule has 2 saturated heterocycles. The molecule has 1 unspecified atom stereocenters. The first-order valence-corrected chi connectivity index (χ1v) is 11.4. The van der Waals surface area contributed by atoms with Gasteiger partial charge in [0, 0.05) is 64.7 Å². The van der Waals surface area contributed by atoms with Crippen LogP contribution in [0.25, 0.3) is 0 Å². The third kappa shape index (κ3) is 9.40. The molecule has 0 spiro atoms. The molecular weight excluding hydrogens is 397 g/mol. The number of aliphatic carboxylic acids is 1. The van der Waals surface area contributed by atoms with E-state index in [1.54, 1.807) is 0 Å². The van der Waals surface area contributed by atoms with Crippen molar-refractivity contribution in [3.05, 3.63) is 0 Å². The average molecular weight is 436 g/mol. The molecule has 1 atom stereocenters. The van der Waals surface area contributed by atoms with E-state index in [4.69, 9.17) is 5.11 Å². The Morgan fingerprint density at radius 3 is 2.20 bits per heavy atom. The maximum atomic E-state index is 12.3. The summed E-state index contributed by atoms with van der Waals surface area (Å²) in [5, 5.41) is 14.2. The minimum atomic E-state index is -0.855. The van der Waals surface area contributed by atoms with E-state index in [0.717, 1.165) is 58.7 Å². The number of hydrogen-bond acceptors (Lipinski definition) is 6. The summed E-state index contributed by atoms with van der Waals surface area (Å²) in [5.41, 5.74) is 0. The van der Waals surface area contributed by atoms with Gasteiger partial charge in [-0.25, -0.2) is 0 Å². The van der Waals surface area contributed by atoms with Gasteiger partial charge < -0.3 is 20.6 Å². The summed E-state index contributed by atoms with van der Waals surface area (Å²) in [4.78, 5) is 41.7. The second-order valence-corrected chi connectivity index (χ2v) is 8.30. The number of rotatable bonds is 13. The fourth-order valence-electron chi connectivity index (χ4n) is 4.17. The first-order chi connectivity index (χ1) is 14.5. The van der Waals surface area contributed by atoms with E-state index in [2.05, 4.69) is 32.3 Å². The molecule has 2 heterocycles. The molecule has 30 heavy (non-hydrogen) atoms. The lowest BCUT2D eigenvalue weighted by Crippen LogP contribution is -2.51. The molecule has 0 saturated carbocycles. The first kappa shape index (κ1) is 24.6. The Kier molecular flexibility index (Phi) is 11.1. The van der Waals surface area contributed by atoms with Crippen LogP contribution in [-0.4, -0.2) is 109 Å². The summed E-state index contributed by atoms with van der Waals surface area (Å²) in [6.45, 7) is 11.1. The Morgan fingerprint density at radius 2 is 1.53 bits per heavy atom. The van der Waals surface area contributed by atoms with E-state index in [9.17, 15) is 14.4 Å². The predicted molar refractivity (Wildman–Crippen MR) is 115 cm³/mol. The highest BCUT2D eigenvalue weighted by atomic mass is 16.4. The van der Waals surface area contributed by atoms with Crippen LogP contribution < -0.4 is 10.6 Å². The zero-order valence-corrected chi connectivity index (χ0v) is 18.4. The number of nitrogens with one attached hydrogen (secondary N) is 2. The highest BCUT2D eigenvalue weighted by Gasteiger charge is 2.28. The van der Waals surface area contributed by atoms with Gasteiger partial charge in [-0.3, -0.25) is 24.2 Å². The number of piperazine rings is 1. The fourth-order valence-corrected chi connectivity index (χ4v) is 4.17. The van der Waals surface area contributed by atoms with Gasteiger partial charge in [-0.05, 0) is 38.8 Å². The largest absolute Gasteiger partial charge is 0.481 e. The van der Waals surface area contributed by atoms with Crippen molar-refractivity contribution in [3.8, 4) is 0 Å². The van der Waals surface area contributed by atoms with Crippen LogP contribution >= 0.6 is 0 Å². The van der Waals surface area contributed by atoms with Crippen LogP contribution in [0.3, 0.4) is 0 Å². The second kappa shape index (κ2) is 13.6. The number of hydrogen-bond donors (Lipinski definition) is 3. The van der Waals surface area contributed by atoms with Crippen LogP contribution in [0.2, 0.25) is 0 Å². The lowest BCUT2D eigenvalue weighted by molar-refractivity contribution is -0.137. The molecule has 3 N–H and O–H groups in total.